The van der Waals surface area contributed by atoms with Gasteiger partial charge in [0.1, 0.15) is 16.2 Å². The third-order valence-corrected chi connectivity index (χ3v) is 5.77. The van der Waals surface area contributed by atoms with Crippen molar-refractivity contribution in [1.82, 2.24) is 4.98 Å². The topological polar surface area (TPSA) is 78.6 Å². The normalized spacial score (nSPS) is 11.6. The molecule has 6 nitrogen and oxygen atoms in total. The quantitative estimate of drug-likeness (QED) is 0.404. The molecule has 0 aliphatic rings. The highest BCUT2D eigenvalue weighted by molar-refractivity contribution is 7.87. The lowest BCUT2D eigenvalue weighted by Gasteiger charge is -2.12. The zero-order chi connectivity index (χ0) is 20.6. The number of fused-ring (bicyclic) bond motifs is 1. The van der Waals surface area contributed by atoms with E-state index in [0.717, 1.165) is 5.56 Å². The molecule has 0 N–H and O–H groups in total. The number of oxazole rings is 1. The van der Waals surface area contributed by atoms with E-state index in [2.05, 4.69) is 4.98 Å². The van der Waals surface area contributed by atoms with Crippen molar-refractivity contribution in [3.05, 3.63) is 71.2 Å². The van der Waals surface area contributed by atoms with Gasteiger partial charge in [-0.05, 0) is 48.9 Å². The predicted octanol–water partition coefficient (Wildman–Crippen LogP) is 5.23. The first kappa shape index (κ1) is 19.3. The average molecular weight is 430 g/mol. The minimum atomic E-state index is -4.19. The standard InChI is InChI=1S/C21H16ClNO5S/c1-13-7-10-17-16(11-13)23-21(27-17)15-9-8-14(22)12-19(15)28-29(24,25)20-6-4-3-5-18(20)26-2/h3-12H,1-2H3. The molecule has 29 heavy (non-hydrogen) atoms. The maximum absolute atomic E-state index is 12.9. The summed E-state index contributed by atoms with van der Waals surface area (Å²) in [6.45, 7) is 1.95. The molecule has 0 saturated carbocycles. The van der Waals surface area contributed by atoms with E-state index < -0.39 is 10.1 Å². The molecule has 0 fully saturated rings. The van der Waals surface area contributed by atoms with Crippen LogP contribution in [0.1, 0.15) is 5.56 Å². The van der Waals surface area contributed by atoms with E-state index in [1.54, 1.807) is 24.3 Å². The summed E-state index contributed by atoms with van der Waals surface area (Å²) in [6, 6.07) is 16.4. The van der Waals surface area contributed by atoms with E-state index in [1.165, 1.54) is 25.3 Å². The Kier molecular flexibility index (Phi) is 4.94. The van der Waals surface area contributed by atoms with Crippen LogP contribution in [0.5, 0.6) is 11.5 Å². The van der Waals surface area contributed by atoms with Crippen molar-refractivity contribution in [2.24, 2.45) is 0 Å². The van der Waals surface area contributed by atoms with Crippen molar-refractivity contribution in [2.75, 3.05) is 7.11 Å². The highest BCUT2D eigenvalue weighted by atomic mass is 35.5. The molecular formula is C21H16ClNO5S. The second-order valence-corrected chi connectivity index (χ2v) is 8.27. The number of ether oxygens (including phenoxy) is 1. The van der Waals surface area contributed by atoms with E-state index in [-0.39, 0.29) is 22.3 Å². The molecule has 0 spiro atoms. The number of methoxy groups -OCH3 is 1. The molecule has 148 valence electrons. The fourth-order valence-corrected chi connectivity index (χ4v) is 4.15. The molecule has 0 unspecified atom stereocenters. The number of para-hydroxylation sites is 1. The van der Waals surface area contributed by atoms with Crippen LogP contribution < -0.4 is 8.92 Å². The fourth-order valence-electron chi connectivity index (χ4n) is 2.88. The largest absolute Gasteiger partial charge is 0.495 e. The van der Waals surface area contributed by atoms with Gasteiger partial charge in [0, 0.05) is 11.1 Å². The number of nitrogens with zero attached hydrogens (tertiary/aromatic N) is 1. The van der Waals surface area contributed by atoms with Gasteiger partial charge in [0.25, 0.3) is 0 Å². The van der Waals surface area contributed by atoms with E-state index in [0.29, 0.717) is 21.7 Å². The molecule has 0 atom stereocenters. The summed E-state index contributed by atoms with van der Waals surface area (Å²) in [7, 11) is -2.80. The van der Waals surface area contributed by atoms with E-state index in [1.807, 2.05) is 25.1 Å². The molecule has 1 heterocycles. The van der Waals surface area contributed by atoms with Crippen LogP contribution in [0.2, 0.25) is 5.02 Å². The van der Waals surface area contributed by atoms with Crippen LogP contribution >= 0.6 is 11.6 Å². The van der Waals surface area contributed by atoms with Gasteiger partial charge in [-0.25, -0.2) is 4.98 Å². The van der Waals surface area contributed by atoms with Crippen LogP contribution in [-0.2, 0) is 10.1 Å². The number of benzene rings is 3. The van der Waals surface area contributed by atoms with Crippen LogP contribution in [0, 0.1) is 6.92 Å². The Morgan fingerprint density at radius 2 is 1.79 bits per heavy atom. The first-order valence-corrected chi connectivity index (χ1v) is 10.4. The predicted molar refractivity (Wildman–Crippen MR) is 110 cm³/mol. The van der Waals surface area contributed by atoms with Crippen molar-refractivity contribution in [3.63, 3.8) is 0 Å². The van der Waals surface area contributed by atoms with Gasteiger partial charge in [0.05, 0.1) is 12.7 Å². The lowest BCUT2D eigenvalue weighted by molar-refractivity contribution is 0.398. The molecule has 8 heteroatoms. The first-order chi connectivity index (χ1) is 13.9. The highest BCUT2D eigenvalue weighted by Gasteiger charge is 2.24. The van der Waals surface area contributed by atoms with Crippen molar-refractivity contribution in [2.45, 2.75) is 11.8 Å². The van der Waals surface area contributed by atoms with Crippen molar-refractivity contribution in [1.29, 1.82) is 0 Å². The smallest absolute Gasteiger partial charge is 0.342 e. The number of hydrogen-bond donors (Lipinski definition) is 0. The van der Waals surface area contributed by atoms with Crippen molar-refractivity contribution >= 4 is 32.8 Å². The molecule has 0 saturated heterocycles. The molecule has 0 amide bonds. The second kappa shape index (κ2) is 7.42. The Balaban J connectivity index is 1.81. The summed E-state index contributed by atoms with van der Waals surface area (Å²) in [5, 5.41) is 0.311. The van der Waals surface area contributed by atoms with Crippen LogP contribution in [0.4, 0.5) is 0 Å². The number of aryl methyl sites for hydroxylation is 1. The molecule has 0 radical (unpaired) electrons. The van der Waals surface area contributed by atoms with E-state index in [4.69, 9.17) is 24.9 Å². The van der Waals surface area contributed by atoms with Crippen molar-refractivity contribution in [3.8, 4) is 23.0 Å². The SMILES string of the molecule is COc1ccccc1S(=O)(=O)Oc1cc(Cl)ccc1-c1nc2cc(C)ccc2o1. The van der Waals surface area contributed by atoms with Crippen LogP contribution in [0.15, 0.2) is 70.0 Å². The Hall–Kier alpha value is -3.03. The van der Waals surface area contributed by atoms with Gasteiger partial charge in [-0.15, -0.1) is 0 Å². The summed E-state index contributed by atoms with van der Waals surface area (Å²) < 4.78 is 42.2. The molecule has 3 aromatic carbocycles. The number of halogens is 1. The van der Waals surface area contributed by atoms with Gasteiger partial charge >= 0.3 is 10.1 Å². The Morgan fingerprint density at radius 3 is 2.59 bits per heavy atom. The number of aromatic nitrogens is 1. The maximum atomic E-state index is 12.9. The van der Waals surface area contributed by atoms with Gasteiger partial charge in [0.2, 0.25) is 5.89 Å². The van der Waals surface area contributed by atoms with Gasteiger partial charge in [-0.2, -0.15) is 8.42 Å². The van der Waals surface area contributed by atoms with Gasteiger partial charge < -0.3 is 13.3 Å². The van der Waals surface area contributed by atoms with Gasteiger partial charge in [0.15, 0.2) is 11.3 Å². The van der Waals surface area contributed by atoms with Gasteiger partial charge in [-0.3, -0.25) is 0 Å². The Labute approximate surface area is 172 Å². The van der Waals surface area contributed by atoms with Crippen LogP contribution in [0.3, 0.4) is 0 Å². The first-order valence-electron chi connectivity index (χ1n) is 8.62. The lowest BCUT2D eigenvalue weighted by Crippen LogP contribution is -2.11. The molecule has 4 aromatic rings. The molecule has 0 aliphatic heterocycles. The van der Waals surface area contributed by atoms with Crippen molar-refractivity contribution < 1.29 is 21.8 Å². The van der Waals surface area contributed by atoms with Crippen LogP contribution in [-0.4, -0.2) is 20.5 Å². The summed E-state index contributed by atoms with van der Waals surface area (Å²) in [6.07, 6.45) is 0. The number of hydrogen-bond acceptors (Lipinski definition) is 6. The fraction of sp³-hybridized carbons (Fsp3) is 0.0952. The minimum Gasteiger partial charge on any atom is -0.495 e. The summed E-state index contributed by atoms with van der Waals surface area (Å²) in [4.78, 5) is 4.37. The lowest BCUT2D eigenvalue weighted by atomic mass is 10.2. The third-order valence-electron chi connectivity index (χ3n) is 4.26. The molecule has 4 rings (SSSR count). The van der Waals surface area contributed by atoms with E-state index in [9.17, 15) is 8.42 Å². The molecule has 0 aliphatic carbocycles. The second-order valence-electron chi connectivity index (χ2n) is 6.32. The highest BCUT2D eigenvalue weighted by Crippen LogP contribution is 2.36. The monoisotopic (exact) mass is 429 g/mol. The summed E-state index contributed by atoms with van der Waals surface area (Å²) >= 11 is 6.09. The van der Waals surface area contributed by atoms with Crippen LogP contribution in [0.25, 0.3) is 22.6 Å². The minimum absolute atomic E-state index is 0.00619. The zero-order valence-electron chi connectivity index (χ0n) is 15.5. The maximum Gasteiger partial charge on any atom is 0.342 e. The summed E-state index contributed by atoms with van der Waals surface area (Å²) in [5.74, 6) is 0.410. The molecule has 0 bridgehead atoms. The van der Waals surface area contributed by atoms with Gasteiger partial charge in [-0.1, -0.05) is 29.8 Å². The average Bonchev–Trinajstić information content (AvgIpc) is 3.10. The molecular weight excluding hydrogens is 414 g/mol. The Morgan fingerprint density at radius 1 is 1.00 bits per heavy atom. The third kappa shape index (κ3) is 3.79. The molecule has 1 aromatic heterocycles. The number of rotatable bonds is 5. The summed E-state index contributed by atoms with van der Waals surface area (Å²) in [5.41, 5.74) is 2.64. The Bertz CT molecular complexity index is 1310. The van der Waals surface area contributed by atoms with E-state index >= 15 is 0 Å². The zero-order valence-corrected chi connectivity index (χ0v) is 17.1.